The average molecular weight is 187 g/mol. The summed E-state index contributed by atoms with van der Waals surface area (Å²) < 4.78 is 0. The van der Waals surface area contributed by atoms with Gasteiger partial charge in [0.25, 0.3) is 0 Å². The fourth-order valence-corrected chi connectivity index (χ4v) is 1.14. The molecule has 0 radical (unpaired) electrons. The largest absolute Gasteiger partial charge is 0.329 e. The molecular weight excluding hydrogens is 176 g/mol. The number of nitrogens with one attached hydrogen (secondary N) is 1. The van der Waals surface area contributed by atoms with E-state index < -0.39 is 0 Å². The van der Waals surface area contributed by atoms with Crippen LogP contribution in [0.15, 0.2) is 23.1 Å². The fourth-order valence-electron chi connectivity index (χ4n) is 1.14. The normalized spacial score (nSPS) is 18.1. The highest BCUT2D eigenvalue weighted by Gasteiger charge is 2.39. The molecule has 1 aromatic rings. The van der Waals surface area contributed by atoms with Crippen molar-refractivity contribution in [3.05, 3.63) is 34.2 Å². The van der Waals surface area contributed by atoms with Crippen LogP contribution in [0.4, 0.5) is 0 Å². The van der Waals surface area contributed by atoms with Crippen LogP contribution in [-0.2, 0) is 5.54 Å². The fraction of sp³-hybridized carbons (Fsp3) is 0.375. The molecular formula is C8H11ClN2O. The lowest BCUT2D eigenvalue weighted by Crippen LogP contribution is -2.20. The number of halogens is 1. The molecule has 1 fully saturated rings. The summed E-state index contributed by atoms with van der Waals surface area (Å²) in [4.78, 5) is 13.3. The third-order valence-electron chi connectivity index (χ3n) is 2.15. The van der Waals surface area contributed by atoms with Crippen LogP contribution in [0.3, 0.4) is 0 Å². The molecule has 0 aliphatic heterocycles. The van der Waals surface area contributed by atoms with Crippen molar-refractivity contribution in [2.45, 2.75) is 18.4 Å². The van der Waals surface area contributed by atoms with E-state index in [1.165, 1.54) is 6.07 Å². The summed E-state index contributed by atoms with van der Waals surface area (Å²) in [6.07, 6.45) is 3.76. The monoisotopic (exact) mass is 186 g/mol. The number of hydrogen-bond acceptors (Lipinski definition) is 2. The average Bonchev–Trinajstić information content (AvgIpc) is 2.70. The standard InChI is InChI=1S/C8H10N2O.ClH/c9-8(3-4-8)6-1-2-7(11)10-5-6;/h1-2,5H,3-4,9H2,(H,10,11);1H. The lowest BCUT2D eigenvalue weighted by molar-refractivity contribution is 0.734. The van der Waals surface area contributed by atoms with E-state index in [1.54, 1.807) is 12.3 Å². The highest BCUT2D eigenvalue weighted by molar-refractivity contribution is 5.85. The molecule has 0 saturated heterocycles. The van der Waals surface area contributed by atoms with Crippen molar-refractivity contribution in [3.8, 4) is 0 Å². The van der Waals surface area contributed by atoms with Crippen LogP contribution in [-0.4, -0.2) is 4.98 Å². The Labute approximate surface area is 76.4 Å². The van der Waals surface area contributed by atoms with E-state index in [0.29, 0.717) is 0 Å². The maximum atomic E-state index is 10.7. The Morgan fingerprint density at radius 3 is 2.50 bits per heavy atom. The molecule has 1 heterocycles. The summed E-state index contributed by atoms with van der Waals surface area (Å²) in [7, 11) is 0. The van der Waals surface area contributed by atoms with E-state index in [9.17, 15) is 4.79 Å². The predicted molar refractivity (Wildman–Crippen MR) is 49.4 cm³/mol. The molecule has 1 aliphatic rings. The van der Waals surface area contributed by atoms with Crippen LogP contribution in [0.2, 0.25) is 0 Å². The molecule has 1 aromatic heterocycles. The second-order valence-corrected chi connectivity index (χ2v) is 3.10. The van der Waals surface area contributed by atoms with Crippen molar-refractivity contribution in [2.75, 3.05) is 0 Å². The Morgan fingerprint density at radius 2 is 2.08 bits per heavy atom. The molecule has 4 heteroatoms. The van der Waals surface area contributed by atoms with Gasteiger partial charge in [0.1, 0.15) is 0 Å². The van der Waals surface area contributed by atoms with Gasteiger partial charge in [0, 0.05) is 17.8 Å². The summed E-state index contributed by atoms with van der Waals surface area (Å²) in [5.74, 6) is 0. The number of pyridine rings is 1. The van der Waals surface area contributed by atoms with E-state index in [4.69, 9.17) is 5.73 Å². The molecule has 1 saturated carbocycles. The highest BCUT2D eigenvalue weighted by Crippen LogP contribution is 2.41. The molecule has 12 heavy (non-hydrogen) atoms. The topological polar surface area (TPSA) is 58.9 Å². The van der Waals surface area contributed by atoms with Crippen molar-refractivity contribution in [1.82, 2.24) is 4.98 Å². The van der Waals surface area contributed by atoms with E-state index in [0.717, 1.165) is 18.4 Å². The van der Waals surface area contributed by atoms with Crippen molar-refractivity contribution in [3.63, 3.8) is 0 Å². The zero-order chi connectivity index (χ0) is 7.90. The first kappa shape index (κ1) is 9.29. The Hall–Kier alpha value is -0.800. The molecule has 0 spiro atoms. The van der Waals surface area contributed by atoms with Gasteiger partial charge in [-0.15, -0.1) is 12.4 Å². The van der Waals surface area contributed by atoms with Crippen LogP contribution in [0.1, 0.15) is 18.4 Å². The molecule has 3 nitrogen and oxygen atoms in total. The summed E-state index contributed by atoms with van der Waals surface area (Å²) in [6.45, 7) is 0. The van der Waals surface area contributed by atoms with Crippen molar-refractivity contribution in [2.24, 2.45) is 5.73 Å². The van der Waals surface area contributed by atoms with Gasteiger partial charge in [-0.05, 0) is 18.4 Å². The number of aromatic amines is 1. The Kier molecular flexibility index (Phi) is 2.26. The molecule has 0 unspecified atom stereocenters. The van der Waals surface area contributed by atoms with Crippen LogP contribution in [0, 0.1) is 0 Å². The molecule has 1 aliphatic carbocycles. The van der Waals surface area contributed by atoms with Gasteiger partial charge in [0.05, 0.1) is 0 Å². The third-order valence-corrected chi connectivity index (χ3v) is 2.15. The molecule has 0 amide bonds. The second-order valence-electron chi connectivity index (χ2n) is 3.10. The van der Waals surface area contributed by atoms with E-state index in [-0.39, 0.29) is 23.5 Å². The summed E-state index contributed by atoms with van der Waals surface area (Å²) >= 11 is 0. The van der Waals surface area contributed by atoms with Crippen LogP contribution < -0.4 is 11.3 Å². The molecule has 0 aromatic carbocycles. The maximum Gasteiger partial charge on any atom is 0.247 e. The quantitative estimate of drug-likeness (QED) is 0.680. The molecule has 0 bridgehead atoms. The van der Waals surface area contributed by atoms with Crippen molar-refractivity contribution >= 4 is 12.4 Å². The molecule has 66 valence electrons. The number of aromatic nitrogens is 1. The van der Waals surface area contributed by atoms with Gasteiger partial charge < -0.3 is 10.7 Å². The first-order valence-corrected chi connectivity index (χ1v) is 3.69. The SMILES string of the molecule is Cl.NC1(c2ccc(=O)[nH]c2)CC1. The minimum atomic E-state index is -0.135. The van der Waals surface area contributed by atoms with Gasteiger partial charge in [-0.2, -0.15) is 0 Å². The zero-order valence-electron chi connectivity index (χ0n) is 6.54. The molecule has 0 atom stereocenters. The van der Waals surface area contributed by atoms with Crippen LogP contribution in [0.25, 0.3) is 0 Å². The molecule has 2 rings (SSSR count). The van der Waals surface area contributed by atoms with Gasteiger partial charge in [-0.25, -0.2) is 0 Å². The summed E-state index contributed by atoms with van der Waals surface area (Å²) in [5, 5.41) is 0. The van der Waals surface area contributed by atoms with Gasteiger partial charge >= 0.3 is 0 Å². The van der Waals surface area contributed by atoms with Gasteiger partial charge in [-0.1, -0.05) is 6.07 Å². The maximum absolute atomic E-state index is 10.7. The molecule has 3 N–H and O–H groups in total. The van der Waals surface area contributed by atoms with Crippen molar-refractivity contribution < 1.29 is 0 Å². The van der Waals surface area contributed by atoms with Crippen LogP contribution >= 0.6 is 12.4 Å². The lowest BCUT2D eigenvalue weighted by Gasteiger charge is -2.06. The number of hydrogen-bond donors (Lipinski definition) is 2. The van der Waals surface area contributed by atoms with Crippen LogP contribution in [0.5, 0.6) is 0 Å². The Morgan fingerprint density at radius 1 is 1.42 bits per heavy atom. The van der Waals surface area contributed by atoms with Gasteiger partial charge in [0.2, 0.25) is 5.56 Å². The smallest absolute Gasteiger partial charge is 0.247 e. The second kappa shape index (κ2) is 2.92. The van der Waals surface area contributed by atoms with Gasteiger partial charge in [0.15, 0.2) is 0 Å². The first-order chi connectivity index (χ1) is 5.21. The van der Waals surface area contributed by atoms with E-state index in [2.05, 4.69) is 4.98 Å². The predicted octanol–water partition coefficient (Wildman–Crippen LogP) is 0.745. The Bertz CT molecular complexity index is 310. The first-order valence-electron chi connectivity index (χ1n) is 3.69. The highest BCUT2D eigenvalue weighted by atomic mass is 35.5. The zero-order valence-corrected chi connectivity index (χ0v) is 7.36. The number of nitrogens with two attached hydrogens (primary N) is 1. The van der Waals surface area contributed by atoms with E-state index >= 15 is 0 Å². The van der Waals surface area contributed by atoms with E-state index in [1.807, 2.05) is 0 Å². The minimum Gasteiger partial charge on any atom is -0.329 e. The van der Waals surface area contributed by atoms with Crippen molar-refractivity contribution in [1.29, 1.82) is 0 Å². The number of H-pyrrole nitrogens is 1. The lowest BCUT2D eigenvalue weighted by atomic mass is 10.1. The third kappa shape index (κ3) is 1.52. The summed E-state index contributed by atoms with van der Waals surface area (Å²) in [5.41, 5.74) is 6.73. The Balaban J connectivity index is 0.000000720. The summed E-state index contributed by atoms with van der Waals surface area (Å²) in [6, 6.07) is 3.31. The number of rotatable bonds is 1. The minimum absolute atomic E-state index is 0. The van der Waals surface area contributed by atoms with Gasteiger partial charge in [-0.3, -0.25) is 4.79 Å².